The molecule has 11 aromatic carbocycles. The Labute approximate surface area is 385 Å². The molecule has 0 unspecified atom stereocenters. The number of benzene rings is 10. The van der Waals surface area contributed by atoms with Crippen molar-refractivity contribution in [3.63, 3.8) is 0 Å². The van der Waals surface area contributed by atoms with Gasteiger partial charge in [-0.25, -0.2) is 0 Å². The van der Waals surface area contributed by atoms with Crippen molar-refractivity contribution >= 4 is 124 Å². The molecule has 0 saturated heterocycles. The zero-order valence-corrected chi connectivity index (χ0v) is 37.3. The summed E-state index contributed by atoms with van der Waals surface area (Å²) in [6.45, 7) is 4.73. The Bertz CT molecular complexity index is 4280. The average Bonchev–Trinajstić information content (AvgIpc) is 4.00. The molecule has 0 aliphatic heterocycles. The maximum absolute atomic E-state index is 6.60. The van der Waals surface area contributed by atoms with Crippen LogP contribution in [0.3, 0.4) is 0 Å². The lowest BCUT2D eigenvalue weighted by Crippen LogP contribution is -2.16. The maximum atomic E-state index is 6.60. The molecule has 0 fully saturated rings. The first-order chi connectivity index (χ1) is 32.5. The van der Waals surface area contributed by atoms with Crippen LogP contribution in [0.25, 0.3) is 107 Å². The van der Waals surface area contributed by atoms with Crippen LogP contribution in [-0.2, 0) is 5.41 Å². The van der Waals surface area contributed by atoms with Gasteiger partial charge in [0.05, 0.1) is 0 Å². The van der Waals surface area contributed by atoms with Crippen molar-refractivity contribution < 1.29 is 4.42 Å². The van der Waals surface area contributed by atoms with Gasteiger partial charge in [-0.2, -0.15) is 0 Å². The van der Waals surface area contributed by atoms with E-state index in [-0.39, 0.29) is 5.41 Å². The van der Waals surface area contributed by atoms with Crippen LogP contribution in [0.1, 0.15) is 25.0 Å². The lowest BCUT2D eigenvalue weighted by atomic mass is 9.82. The van der Waals surface area contributed by atoms with Crippen molar-refractivity contribution in [3.05, 3.63) is 223 Å². The summed E-state index contributed by atoms with van der Waals surface area (Å²) in [5, 5.41) is 17.0. The van der Waals surface area contributed by atoms with Crippen molar-refractivity contribution in [2.24, 2.45) is 0 Å². The van der Waals surface area contributed by atoms with E-state index in [4.69, 9.17) is 4.42 Å². The fourth-order valence-electron chi connectivity index (χ4n) is 11.3. The largest absolute Gasteiger partial charge is 0.456 e. The van der Waals surface area contributed by atoms with Gasteiger partial charge in [-0.1, -0.05) is 159 Å². The van der Waals surface area contributed by atoms with E-state index in [9.17, 15) is 0 Å². The number of hydrogen-bond acceptors (Lipinski definition) is 3. The standard InChI is InChI=1S/C63H41NOS/c1-63(2)57-24-12-9-21-48(57)49-31-28-39(34-58(49)63)64(40-29-32-51-50-22-10-13-25-59(50)65-60(51)35-40)38-27-30-47-45-19-6-5-17-43(45)41-15-3-4-16-42(41)44-18-7-8-20-46(44)55-37-62-56(36-54(55)53(47)33-38)52-23-11-14-26-61(52)66-62/h3-37H,1-2H3. The van der Waals surface area contributed by atoms with Crippen molar-refractivity contribution in [1.82, 2.24) is 0 Å². The summed E-state index contributed by atoms with van der Waals surface area (Å²) in [7, 11) is 0. The third-order valence-corrected chi connectivity index (χ3v) is 15.6. The van der Waals surface area contributed by atoms with Gasteiger partial charge < -0.3 is 9.32 Å². The normalized spacial score (nSPS) is 13.1. The van der Waals surface area contributed by atoms with Crippen LogP contribution in [0.2, 0.25) is 0 Å². The summed E-state index contributed by atoms with van der Waals surface area (Å²) in [6, 6.07) is 78.9. The molecule has 0 saturated carbocycles. The Kier molecular flexibility index (Phi) is 7.94. The van der Waals surface area contributed by atoms with Gasteiger partial charge in [0.15, 0.2) is 0 Å². The van der Waals surface area contributed by atoms with Gasteiger partial charge in [-0.3, -0.25) is 0 Å². The number of anilines is 3. The number of rotatable bonds is 3. The highest BCUT2D eigenvalue weighted by Gasteiger charge is 2.36. The Hall–Kier alpha value is -7.98. The minimum Gasteiger partial charge on any atom is -0.456 e. The Morgan fingerprint density at radius 1 is 0.318 bits per heavy atom. The van der Waals surface area contributed by atoms with E-state index in [1.807, 2.05) is 17.4 Å². The molecule has 3 heteroatoms. The molecule has 1 aliphatic rings. The minimum atomic E-state index is -0.167. The maximum Gasteiger partial charge on any atom is 0.137 e. The van der Waals surface area contributed by atoms with Gasteiger partial charge in [0.2, 0.25) is 0 Å². The number of fused-ring (bicyclic) bond motifs is 19. The van der Waals surface area contributed by atoms with Crippen molar-refractivity contribution in [2.45, 2.75) is 19.3 Å². The van der Waals surface area contributed by atoms with E-state index in [1.165, 1.54) is 96.3 Å². The summed E-state index contributed by atoms with van der Waals surface area (Å²) in [5.74, 6) is 0. The monoisotopic (exact) mass is 859 g/mol. The Morgan fingerprint density at radius 3 is 1.50 bits per heavy atom. The van der Waals surface area contributed by atoms with Crippen LogP contribution in [0.15, 0.2) is 217 Å². The quantitative estimate of drug-likeness (QED) is 0.176. The SMILES string of the molecule is CC1(C)c2ccccc2-c2ccc(N(c3ccc4c(c3)oc3ccccc34)c3ccc4c5ccccc5c5ccccc5c5ccccc5c5cc6sc7ccccc7c6cc5c4c3)cc21. The molecule has 310 valence electrons. The third-order valence-electron chi connectivity index (χ3n) is 14.5. The van der Waals surface area contributed by atoms with E-state index >= 15 is 0 Å². The van der Waals surface area contributed by atoms with Crippen molar-refractivity contribution in [1.29, 1.82) is 0 Å². The van der Waals surface area contributed by atoms with Crippen LogP contribution in [-0.4, -0.2) is 0 Å². The van der Waals surface area contributed by atoms with Gasteiger partial charge in [0.25, 0.3) is 0 Å². The predicted molar refractivity (Wildman–Crippen MR) is 284 cm³/mol. The van der Waals surface area contributed by atoms with E-state index in [0.29, 0.717) is 0 Å². The second-order valence-electron chi connectivity index (χ2n) is 18.4. The molecule has 0 radical (unpaired) electrons. The number of thiophene rings is 1. The fourth-order valence-corrected chi connectivity index (χ4v) is 12.5. The molecule has 66 heavy (non-hydrogen) atoms. The molecule has 0 atom stereocenters. The first-order valence-electron chi connectivity index (χ1n) is 22.8. The first-order valence-corrected chi connectivity index (χ1v) is 23.6. The molecule has 0 bridgehead atoms. The number of para-hydroxylation sites is 1. The fraction of sp³-hybridized carbons (Fsp3) is 0.0476. The summed E-state index contributed by atoms with van der Waals surface area (Å²) in [5.41, 5.74) is 10.1. The van der Waals surface area contributed by atoms with E-state index in [2.05, 4.69) is 225 Å². The van der Waals surface area contributed by atoms with Crippen LogP contribution < -0.4 is 4.90 Å². The topological polar surface area (TPSA) is 16.4 Å². The summed E-state index contributed by atoms with van der Waals surface area (Å²) < 4.78 is 9.19. The highest BCUT2D eigenvalue weighted by atomic mass is 32.1. The van der Waals surface area contributed by atoms with E-state index < -0.39 is 0 Å². The Morgan fingerprint density at radius 2 is 0.788 bits per heavy atom. The summed E-state index contributed by atoms with van der Waals surface area (Å²) >= 11 is 1.88. The molecular formula is C63H41NOS. The van der Waals surface area contributed by atoms with Gasteiger partial charge in [0.1, 0.15) is 11.2 Å². The number of hydrogen-bond donors (Lipinski definition) is 0. The van der Waals surface area contributed by atoms with Crippen molar-refractivity contribution in [3.8, 4) is 11.1 Å². The molecule has 0 spiro atoms. The van der Waals surface area contributed by atoms with Crippen LogP contribution >= 0.6 is 11.3 Å². The molecule has 14 rings (SSSR count). The van der Waals surface area contributed by atoms with Crippen LogP contribution in [0.4, 0.5) is 17.1 Å². The highest BCUT2D eigenvalue weighted by molar-refractivity contribution is 7.25. The summed E-state index contributed by atoms with van der Waals surface area (Å²) in [4.78, 5) is 2.44. The van der Waals surface area contributed by atoms with Crippen LogP contribution in [0, 0.1) is 0 Å². The van der Waals surface area contributed by atoms with Gasteiger partial charge in [-0.05, 0) is 137 Å². The Balaban J connectivity index is 1.15. The second kappa shape index (κ2) is 14.0. The van der Waals surface area contributed by atoms with Gasteiger partial charge in [-0.15, -0.1) is 11.3 Å². The zero-order chi connectivity index (χ0) is 43.7. The second-order valence-corrected chi connectivity index (χ2v) is 19.5. The first kappa shape index (κ1) is 37.4. The smallest absolute Gasteiger partial charge is 0.137 e. The zero-order valence-electron chi connectivity index (χ0n) is 36.5. The lowest BCUT2D eigenvalue weighted by molar-refractivity contribution is 0.660. The van der Waals surface area contributed by atoms with Gasteiger partial charge >= 0.3 is 0 Å². The number of nitrogens with zero attached hydrogens (tertiary/aromatic N) is 1. The minimum absolute atomic E-state index is 0.167. The van der Waals surface area contributed by atoms with Crippen LogP contribution in [0.5, 0.6) is 0 Å². The predicted octanol–water partition coefficient (Wildman–Crippen LogP) is 18.6. The molecule has 2 nitrogen and oxygen atoms in total. The molecule has 0 N–H and O–H groups in total. The molecule has 13 aromatic rings. The van der Waals surface area contributed by atoms with E-state index in [0.717, 1.165) is 39.0 Å². The van der Waals surface area contributed by atoms with Gasteiger partial charge in [0, 0.05) is 59.5 Å². The molecule has 1 aliphatic carbocycles. The molecule has 2 heterocycles. The molecular weight excluding hydrogens is 819 g/mol. The van der Waals surface area contributed by atoms with Crippen molar-refractivity contribution in [2.75, 3.05) is 4.90 Å². The average molecular weight is 860 g/mol. The lowest BCUT2D eigenvalue weighted by Gasteiger charge is -2.28. The molecule has 2 aromatic heterocycles. The molecule has 0 amide bonds. The third kappa shape index (κ3) is 5.41. The highest BCUT2D eigenvalue weighted by Crippen LogP contribution is 2.51. The number of furan rings is 1. The van der Waals surface area contributed by atoms with E-state index in [1.54, 1.807) is 0 Å². The summed E-state index contributed by atoms with van der Waals surface area (Å²) in [6.07, 6.45) is 0.